The Morgan fingerprint density at radius 2 is 1.61 bits per heavy atom. The summed E-state index contributed by atoms with van der Waals surface area (Å²) >= 11 is 0. The standard InChI is InChI=1S/C21H20F3NO5S/c1-15(2)14-25(31(29,30)18-6-4-3-5-7-18)17-10-8-16(9-11-17)20(28,21(22,23)24)13-12-19(26)27/h3-11,15,28H,14H2,1-2H3,(H,26,27). The summed E-state index contributed by atoms with van der Waals surface area (Å²) in [5.74, 6) is 0.687. The number of aliphatic hydroxyl groups is 1. The molecule has 0 heterocycles. The Kier molecular flexibility index (Phi) is 7.03. The first kappa shape index (κ1) is 24.2. The quantitative estimate of drug-likeness (QED) is 0.652. The highest BCUT2D eigenvalue weighted by molar-refractivity contribution is 7.92. The molecule has 10 heteroatoms. The van der Waals surface area contributed by atoms with Gasteiger partial charge in [0.05, 0.1) is 10.6 Å². The van der Waals surface area contributed by atoms with Crippen LogP contribution >= 0.6 is 0 Å². The first-order valence-corrected chi connectivity index (χ1v) is 10.5. The number of aliphatic carboxylic acids is 1. The molecule has 2 rings (SSSR count). The van der Waals surface area contributed by atoms with Crippen LogP contribution in [0, 0.1) is 17.8 Å². The van der Waals surface area contributed by atoms with Crippen LogP contribution in [0.4, 0.5) is 18.9 Å². The van der Waals surface area contributed by atoms with Gasteiger partial charge in [0.1, 0.15) is 0 Å². The van der Waals surface area contributed by atoms with Gasteiger partial charge >= 0.3 is 12.1 Å². The van der Waals surface area contributed by atoms with E-state index in [9.17, 15) is 31.5 Å². The minimum atomic E-state index is -5.29. The fourth-order valence-electron chi connectivity index (χ4n) is 2.71. The SMILES string of the molecule is CC(C)CN(c1ccc(C(O)(C#CC(=O)O)C(F)(F)F)cc1)S(=O)(=O)c1ccccc1. The normalized spacial score (nSPS) is 13.8. The third kappa shape index (κ3) is 5.37. The van der Waals surface area contributed by atoms with E-state index in [4.69, 9.17) is 5.11 Å². The lowest BCUT2D eigenvalue weighted by atomic mass is 9.93. The molecule has 2 aromatic rings. The Hall–Kier alpha value is -3.03. The van der Waals surface area contributed by atoms with Crippen molar-refractivity contribution in [1.29, 1.82) is 0 Å². The number of nitrogens with zero attached hydrogens (tertiary/aromatic N) is 1. The van der Waals surface area contributed by atoms with Gasteiger partial charge in [-0.25, -0.2) is 13.2 Å². The van der Waals surface area contributed by atoms with Gasteiger partial charge < -0.3 is 10.2 Å². The molecule has 0 saturated heterocycles. The van der Waals surface area contributed by atoms with Gasteiger partial charge in [0, 0.05) is 18.0 Å². The van der Waals surface area contributed by atoms with Crippen molar-refractivity contribution in [2.45, 2.75) is 30.5 Å². The molecular formula is C21H20F3NO5S. The second kappa shape index (κ2) is 8.99. The lowest BCUT2D eigenvalue weighted by Gasteiger charge is -2.28. The van der Waals surface area contributed by atoms with Gasteiger partial charge in [-0.2, -0.15) is 13.2 Å². The largest absolute Gasteiger partial charge is 0.472 e. The molecular weight excluding hydrogens is 435 g/mol. The molecule has 0 spiro atoms. The lowest BCUT2D eigenvalue weighted by molar-refractivity contribution is -0.240. The number of hydrogen-bond donors (Lipinski definition) is 2. The van der Waals surface area contributed by atoms with Crippen LogP contribution in [0.5, 0.6) is 0 Å². The van der Waals surface area contributed by atoms with Crippen LogP contribution in [-0.4, -0.2) is 37.3 Å². The Bertz CT molecular complexity index is 1090. The van der Waals surface area contributed by atoms with E-state index in [-0.39, 0.29) is 23.0 Å². The number of rotatable bonds is 6. The number of halogens is 3. The minimum Gasteiger partial charge on any atom is -0.472 e. The van der Waals surface area contributed by atoms with Crippen LogP contribution in [0.1, 0.15) is 19.4 Å². The van der Waals surface area contributed by atoms with Crippen LogP contribution in [0.15, 0.2) is 59.5 Å². The van der Waals surface area contributed by atoms with Crippen LogP contribution < -0.4 is 4.31 Å². The summed E-state index contributed by atoms with van der Waals surface area (Å²) in [4.78, 5) is 10.6. The van der Waals surface area contributed by atoms with Crippen LogP contribution in [-0.2, 0) is 20.4 Å². The van der Waals surface area contributed by atoms with Crippen molar-refractivity contribution in [3.05, 3.63) is 60.2 Å². The molecule has 0 amide bonds. The highest BCUT2D eigenvalue weighted by Gasteiger charge is 2.54. The molecule has 0 aliphatic rings. The van der Waals surface area contributed by atoms with Gasteiger partial charge in [0.2, 0.25) is 5.60 Å². The second-order valence-electron chi connectivity index (χ2n) is 7.05. The maximum Gasteiger partial charge on any atom is 0.433 e. The van der Waals surface area contributed by atoms with E-state index in [1.54, 1.807) is 32.0 Å². The Morgan fingerprint density at radius 1 is 1.06 bits per heavy atom. The highest BCUT2D eigenvalue weighted by atomic mass is 32.2. The second-order valence-corrected chi connectivity index (χ2v) is 8.92. The summed E-state index contributed by atoms with van der Waals surface area (Å²) in [5, 5.41) is 18.6. The van der Waals surface area contributed by atoms with E-state index in [2.05, 4.69) is 0 Å². The van der Waals surface area contributed by atoms with Crippen LogP contribution in [0.3, 0.4) is 0 Å². The Balaban J connectivity index is 2.55. The smallest absolute Gasteiger partial charge is 0.433 e. The maximum atomic E-state index is 13.4. The molecule has 2 N–H and O–H groups in total. The minimum absolute atomic E-state index is 0.0128. The van der Waals surface area contributed by atoms with Crippen molar-refractivity contribution in [2.24, 2.45) is 5.92 Å². The van der Waals surface area contributed by atoms with Crippen molar-refractivity contribution < 1.29 is 36.6 Å². The number of benzene rings is 2. The number of carbonyl (C=O) groups is 1. The third-order valence-electron chi connectivity index (χ3n) is 4.20. The Morgan fingerprint density at radius 3 is 2.06 bits per heavy atom. The molecule has 1 unspecified atom stereocenters. The highest BCUT2D eigenvalue weighted by Crippen LogP contribution is 2.39. The molecule has 0 aliphatic heterocycles. The number of hydrogen-bond acceptors (Lipinski definition) is 4. The maximum absolute atomic E-state index is 13.4. The lowest BCUT2D eigenvalue weighted by Crippen LogP contribution is -2.41. The molecule has 31 heavy (non-hydrogen) atoms. The summed E-state index contributed by atoms with van der Waals surface area (Å²) in [6, 6.07) is 11.5. The summed E-state index contributed by atoms with van der Waals surface area (Å²) < 4.78 is 67.5. The van der Waals surface area contributed by atoms with E-state index in [1.165, 1.54) is 24.0 Å². The van der Waals surface area contributed by atoms with Gasteiger partial charge in [-0.1, -0.05) is 44.2 Å². The van der Waals surface area contributed by atoms with Crippen molar-refractivity contribution in [3.8, 4) is 11.8 Å². The van der Waals surface area contributed by atoms with E-state index in [0.717, 1.165) is 28.6 Å². The fraction of sp³-hybridized carbons (Fsp3) is 0.286. The number of alkyl halides is 3. The topological polar surface area (TPSA) is 94.9 Å². The molecule has 2 aromatic carbocycles. The number of anilines is 1. The van der Waals surface area contributed by atoms with E-state index < -0.39 is 33.3 Å². The third-order valence-corrected chi connectivity index (χ3v) is 6.00. The zero-order valence-electron chi connectivity index (χ0n) is 16.6. The number of carboxylic acids is 1. The van der Waals surface area contributed by atoms with E-state index >= 15 is 0 Å². The van der Waals surface area contributed by atoms with Gasteiger partial charge in [0.25, 0.3) is 10.0 Å². The monoisotopic (exact) mass is 455 g/mol. The molecule has 166 valence electrons. The van der Waals surface area contributed by atoms with Gasteiger partial charge in [-0.3, -0.25) is 4.31 Å². The molecule has 0 bridgehead atoms. The summed E-state index contributed by atoms with van der Waals surface area (Å²) in [7, 11) is -4.00. The average molecular weight is 455 g/mol. The molecule has 0 aliphatic carbocycles. The van der Waals surface area contributed by atoms with Gasteiger partial charge in [-0.05, 0) is 36.1 Å². The van der Waals surface area contributed by atoms with Crippen molar-refractivity contribution in [2.75, 3.05) is 10.8 Å². The predicted octanol–water partition coefficient (Wildman–Crippen LogP) is 3.38. The number of sulfonamides is 1. The van der Waals surface area contributed by atoms with Crippen molar-refractivity contribution in [3.63, 3.8) is 0 Å². The van der Waals surface area contributed by atoms with Crippen LogP contribution in [0.2, 0.25) is 0 Å². The molecule has 0 aromatic heterocycles. The first-order chi connectivity index (χ1) is 14.3. The average Bonchev–Trinajstić information content (AvgIpc) is 2.70. The Labute approximate surface area is 178 Å². The molecule has 0 fully saturated rings. The van der Waals surface area contributed by atoms with Gasteiger partial charge in [0.15, 0.2) is 0 Å². The summed E-state index contributed by atoms with van der Waals surface area (Å²) in [5.41, 5.74) is -4.39. The van der Waals surface area contributed by atoms with Crippen LogP contribution in [0.25, 0.3) is 0 Å². The van der Waals surface area contributed by atoms with Crippen molar-refractivity contribution >= 4 is 21.7 Å². The van der Waals surface area contributed by atoms with E-state index in [1.807, 2.05) is 0 Å². The molecule has 0 saturated carbocycles. The number of carboxylic acid groups (broad SMARTS) is 1. The summed E-state index contributed by atoms with van der Waals surface area (Å²) in [6.07, 6.45) is -5.29. The zero-order chi connectivity index (χ0) is 23.4. The predicted molar refractivity (Wildman–Crippen MR) is 108 cm³/mol. The molecule has 0 radical (unpaired) electrons. The van der Waals surface area contributed by atoms with Crippen molar-refractivity contribution in [1.82, 2.24) is 0 Å². The fourth-order valence-corrected chi connectivity index (χ4v) is 4.36. The molecule has 6 nitrogen and oxygen atoms in total. The van der Waals surface area contributed by atoms with E-state index in [0.29, 0.717) is 0 Å². The molecule has 1 atom stereocenters. The summed E-state index contributed by atoms with van der Waals surface area (Å²) in [6.45, 7) is 3.62. The zero-order valence-corrected chi connectivity index (χ0v) is 17.4. The van der Waals surface area contributed by atoms with Gasteiger partial charge in [-0.15, -0.1) is 0 Å². The first-order valence-electron chi connectivity index (χ1n) is 9.02.